The highest BCUT2D eigenvalue weighted by atomic mass is 16.6. The van der Waals surface area contributed by atoms with Crippen LogP contribution in [-0.2, 0) is 16.0 Å². The van der Waals surface area contributed by atoms with Crippen molar-refractivity contribution in [2.45, 2.75) is 25.3 Å². The molecule has 0 unspecified atom stereocenters. The lowest BCUT2D eigenvalue weighted by Gasteiger charge is -2.23. The number of aromatic nitrogens is 2. The van der Waals surface area contributed by atoms with Gasteiger partial charge in [0, 0.05) is 18.0 Å². The van der Waals surface area contributed by atoms with Gasteiger partial charge in [-0.05, 0) is 36.6 Å². The lowest BCUT2D eigenvalue weighted by atomic mass is 9.96. The highest BCUT2D eigenvalue weighted by molar-refractivity contribution is 5.97. The topological polar surface area (TPSA) is 72.4 Å². The molecule has 1 saturated heterocycles. The molecule has 29 heavy (non-hydrogen) atoms. The van der Waals surface area contributed by atoms with Crippen LogP contribution in [0.25, 0.3) is 11.4 Å². The first-order valence-corrected chi connectivity index (χ1v) is 9.54. The van der Waals surface area contributed by atoms with Crippen molar-refractivity contribution in [1.29, 1.82) is 0 Å². The molecular weight excluding hydrogens is 366 g/mol. The van der Waals surface area contributed by atoms with Crippen molar-refractivity contribution in [3.63, 3.8) is 0 Å². The summed E-state index contributed by atoms with van der Waals surface area (Å²) in [5, 5.41) is 0. The van der Waals surface area contributed by atoms with Gasteiger partial charge >= 0.3 is 6.09 Å². The number of hydrogen-bond donors (Lipinski definition) is 0. The Hall–Kier alpha value is -3.54. The number of benzene rings is 2. The van der Waals surface area contributed by atoms with Crippen molar-refractivity contribution in [2.24, 2.45) is 0 Å². The van der Waals surface area contributed by atoms with E-state index < -0.39 is 12.0 Å². The number of imide groups is 1. The van der Waals surface area contributed by atoms with Crippen LogP contribution in [0.2, 0.25) is 0 Å². The lowest BCUT2D eigenvalue weighted by molar-refractivity contribution is -0.130. The third-order valence-electron chi connectivity index (χ3n) is 5.09. The van der Waals surface area contributed by atoms with Crippen LogP contribution in [0.4, 0.5) is 4.79 Å². The van der Waals surface area contributed by atoms with Crippen molar-refractivity contribution >= 4 is 12.0 Å². The summed E-state index contributed by atoms with van der Waals surface area (Å²) in [7, 11) is 0. The Morgan fingerprint density at radius 1 is 1.10 bits per heavy atom. The Labute approximate surface area is 169 Å². The molecule has 0 radical (unpaired) electrons. The number of amides is 2. The predicted octanol–water partition coefficient (Wildman–Crippen LogP) is 3.84. The average Bonchev–Trinajstić information content (AvgIpc) is 3.14. The molecule has 6 heteroatoms. The van der Waals surface area contributed by atoms with Crippen LogP contribution in [0, 0.1) is 0 Å². The molecule has 1 aliphatic heterocycles. The molecule has 3 aromatic rings. The molecular formula is C23H21N3O3. The van der Waals surface area contributed by atoms with Crippen LogP contribution in [-0.4, -0.2) is 39.5 Å². The molecule has 2 heterocycles. The summed E-state index contributed by atoms with van der Waals surface area (Å²) in [4.78, 5) is 35.3. The fourth-order valence-electron chi connectivity index (χ4n) is 3.51. The van der Waals surface area contributed by atoms with Gasteiger partial charge in [0.15, 0.2) is 5.82 Å². The van der Waals surface area contributed by atoms with Crippen molar-refractivity contribution in [2.75, 3.05) is 6.61 Å². The van der Waals surface area contributed by atoms with E-state index >= 15 is 0 Å². The van der Waals surface area contributed by atoms with Gasteiger partial charge in [0.25, 0.3) is 0 Å². The van der Waals surface area contributed by atoms with Gasteiger partial charge in [0.05, 0.1) is 12.0 Å². The molecule has 0 aliphatic carbocycles. The normalized spacial score (nSPS) is 17.1. The van der Waals surface area contributed by atoms with E-state index in [0.29, 0.717) is 12.2 Å². The van der Waals surface area contributed by atoms with Crippen molar-refractivity contribution in [1.82, 2.24) is 14.9 Å². The maximum atomic E-state index is 13.2. The first-order valence-electron chi connectivity index (χ1n) is 9.54. The maximum absolute atomic E-state index is 13.2. The summed E-state index contributed by atoms with van der Waals surface area (Å²) in [5.74, 6) is -0.168. The SMILES string of the molecule is C[C@H](C(=O)N1C(=O)OC[C@@H]1Cc1ccccc1)c1cccc(-c2ncccn2)c1. The second-order valence-electron chi connectivity index (χ2n) is 7.05. The minimum absolute atomic E-state index is 0.212. The molecule has 2 amide bonds. The second-order valence-corrected chi connectivity index (χ2v) is 7.05. The fraction of sp³-hybridized carbons (Fsp3) is 0.217. The molecule has 1 aromatic heterocycles. The number of cyclic esters (lactones) is 1. The molecule has 0 N–H and O–H groups in total. The molecule has 1 fully saturated rings. The number of hydrogen-bond acceptors (Lipinski definition) is 5. The molecule has 1 aliphatic rings. The van der Waals surface area contributed by atoms with Crippen LogP contribution in [0.15, 0.2) is 73.1 Å². The molecule has 6 nitrogen and oxygen atoms in total. The zero-order valence-corrected chi connectivity index (χ0v) is 16.1. The number of nitrogens with zero attached hydrogens (tertiary/aromatic N) is 3. The smallest absolute Gasteiger partial charge is 0.417 e. The summed E-state index contributed by atoms with van der Waals surface area (Å²) < 4.78 is 5.20. The van der Waals surface area contributed by atoms with Crippen LogP contribution in [0.5, 0.6) is 0 Å². The largest absolute Gasteiger partial charge is 0.447 e. The molecule has 2 aromatic carbocycles. The Bertz CT molecular complexity index is 1010. The Kier molecular flexibility index (Phi) is 5.33. The van der Waals surface area contributed by atoms with Crippen molar-refractivity contribution in [3.8, 4) is 11.4 Å². The van der Waals surface area contributed by atoms with Gasteiger partial charge in [-0.15, -0.1) is 0 Å². The second kappa shape index (κ2) is 8.22. The number of ether oxygens (including phenoxy) is 1. The lowest BCUT2D eigenvalue weighted by Crippen LogP contribution is -2.42. The Morgan fingerprint density at radius 3 is 2.62 bits per heavy atom. The summed E-state index contributed by atoms with van der Waals surface area (Å²) in [6.45, 7) is 2.02. The first-order chi connectivity index (χ1) is 14.1. The van der Waals surface area contributed by atoms with Gasteiger partial charge in [0.2, 0.25) is 5.91 Å². The minimum atomic E-state index is -0.578. The molecule has 146 valence electrons. The third kappa shape index (κ3) is 4.01. The highest BCUT2D eigenvalue weighted by Gasteiger charge is 2.40. The van der Waals surface area contributed by atoms with E-state index in [1.54, 1.807) is 25.4 Å². The average molecular weight is 387 g/mol. The van der Waals surface area contributed by atoms with E-state index in [-0.39, 0.29) is 18.6 Å². The van der Waals surface area contributed by atoms with Crippen LogP contribution < -0.4 is 0 Å². The van der Waals surface area contributed by atoms with Gasteiger partial charge in [-0.3, -0.25) is 4.79 Å². The Balaban J connectivity index is 1.55. The summed E-state index contributed by atoms with van der Waals surface area (Å²) in [6.07, 6.45) is 3.35. The number of carbonyl (C=O) groups is 2. The minimum Gasteiger partial charge on any atom is -0.447 e. The predicted molar refractivity (Wildman–Crippen MR) is 108 cm³/mol. The monoisotopic (exact) mass is 387 g/mol. The van der Waals surface area contributed by atoms with Crippen molar-refractivity contribution in [3.05, 3.63) is 84.2 Å². The highest BCUT2D eigenvalue weighted by Crippen LogP contribution is 2.27. The maximum Gasteiger partial charge on any atom is 0.417 e. The van der Waals surface area contributed by atoms with E-state index in [9.17, 15) is 9.59 Å². The van der Waals surface area contributed by atoms with Gasteiger partial charge in [-0.2, -0.15) is 0 Å². The zero-order chi connectivity index (χ0) is 20.2. The summed E-state index contributed by atoms with van der Waals surface area (Å²) in [5.41, 5.74) is 2.69. The van der Waals surface area contributed by atoms with Crippen LogP contribution in [0.3, 0.4) is 0 Å². The van der Waals surface area contributed by atoms with E-state index in [0.717, 1.165) is 16.7 Å². The van der Waals surface area contributed by atoms with Gasteiger partial charge in [-0.1, -0.05) is 48.5 Å². The fourth-order valence-corrected chi connectivity index (χ4v) is 3.51. The van der Waals surface area contributed by atoms with Gasteiger partial charge < -0.3 is 4.74 Å². The van der Waals surface area contributed by atoms with E-state index in [1.807, 2.05) is 54.6 Å². The molecule has 0 saturated carbocycles. The van der Waals surface area contributed by atoms with E-state index in [1.165, 1.54) is 4.90 Å². The molecule has 2 atom stereocenters. The molecule has 4 rings (SSSR count). The molecule has 0 bridgehead atoms. The van der Waals surface area contributed by atoms with Crippen LogP contribution in [0.1, 0.15) is 24.0 Å². The first kappa shape index (κ1) is 18.8. The van der Waals surface area contributed by atoms with E-state index in [4.69, 9.17) is 4.74 Å². The number of carbonyl (C=O) groups excluding carboxylic acids is 2. The quantitative estimate of drug-likeness (QED) is 0.665. The van der Waals surface area contributed by atoms with Crippen molar-refractivity contribution < 1.29 is 14.3 Å². The summed E-state index contributed by atoms with van der Waals surface area (Å²) in [6, 6.07) is 18.8. The summed E-state index contributed by atoms with van der Waals surface area (Å²) >= 11 is 0. The van der Waals surface area contributed by atoms with Gasteiger partial charge in [0.1, 0.15) is 6.61 Å². The standard InChI is InChI=1S/C23H21N3O3/c1-16(18-9-5-10-19(14-18)21-24-11-6-12-25-21)22(27)26-20(15-29-23(26)28)13-17-7-3-2-4-8-17/h2-12,14,16,20H,13,15H2,1H3/t16-,20-/m0/s1. The third-order valence-corrected chi connectivity index (χ3v) is 5.09. The molecule has 0 spiro atoms. The Morgan fingerprint density at radius 2 is 1.86 bits per heavy atom. The van der Waals surface area contributed by atoms with Crippen LogP contribution >= 0.6 is 0 Å². The van der Waals surface area contributed by atoms with E-state index in [2.05, 4.69) is 9.97 Å². The van der Waals surface area contributed by atoms with Gasteiger partial charge in [-0.25, -0.2) is 19.7 Å². The number of rotatable bonds is 5. The zero-order valence-electron chi connectivity index (χ0n) is 16.1.